The molecule has 106 valence electrons. The van der Waals surface area contributed by atoms with Crippen LogP contribution in [-0.4, -0.2) is 36.8 Å². The summed E-state index contributed by atoms with van der Waals surface area (Å²) in [5.41, 5.74) is 0.957. The van der Waals surface area contributed by atoms with E-state index in [9.17, 15) is 0 Å². The van der Waals surface area contributed by atoms with Gasteiger partial charge in [0.15, 0.2) is 0 Å². The zero-order chi connectivity index (χ0) is 13.8. The molecule has 2 N–H and O–H groups in total. The van der Waals surface area contributed by atoms with E-state index in [0.29, 0.717) is 11.9 Å². The maximum Gasteiger partial charge on any atom is 0.224 e. The Labute approximate surface area is 118 Å². The Hall–Kier alpha value is -1.88. The van der Waals surface area contributed by atoms with Crippen LogP contribution in [0.4, 0.5) is 11.8 Å². The van der Waals surface area contributed by atoms with Crippen LogP contribution >= 0.6 is 0 Å². The van der Waals surface area contributed by atoms with Gasteiger partial charge in [0.25, 0.3) is 0 Å². The van der Waals surface area contributed by atoms with Gasteiger partial charge < -0.3 is 15.4 Å². The van der Waals surface area contributed by atoms with Crippen molar-refractivity contribution in [3.05, 3.63) is 24.3 Å². The first-order valence-corrected chi connectivity index (χ1v) is 7.13. The minimum atomic E-state index is 0.649. The minimum Gasteiger partial charge on any atom is -0.381 e. The van der Waals surface area contributed by atoms with Gasteiger partial charge in [0.05, 0.1) is 5.52 Å². The van der Waals surface area contributed by atoms with E-state index >= 15 is 0 Å². The molecular formula is C15H20N4O. The number of hydrogen-bond acceptors (Lipinski definition) is 5. The van der Waals surface area contributed by atoms with Crippen LogP contribution < -0.4 is 10.6 Å². The summed E-state index contributed by atoms with van der Waals surface area (Å²) in [6.07, 6.45) is 2.29. The number of nitrogens with one attached hydrogen (secondary N) is 2. The van der Waals surface area contributed by atoms with Crippen LogP contribution in [0.5, 0.6) is 0 Å². The third-order valence-electron chi connectivity index (χ3n) is 3.70. The highest BCUT2D eigenvalue weighted by Gasteiger charge is 2.15. The molecule has 0 aliphatic carbocycles. The van der Waals surface area contributed by atoms with E-state index in [0.717, 1.165) is 42.9 Å². The predicted molar refractivity (Wildman–Crippen MR) is 81.1 cm³/mol. The smallest absolute Gasteiger partial charge is 0.224 e. The summed E-state index contributed by atoms with van der Waals surface area (Å²) in [7, 11) is 1.84. The second-order valence-electron chi connectivity index (χ2n) is 5.11. The van der Waals surface area contributed by atoms with E-state index in [1.54, 1.807) is 0 Å². The first kappa shape index (κ1) is 13.1. The highest BCUT2D eigenvalue weighted by molar-refractivity contribution is 5.89. The van der Waals surface area contributed by atoms with Crippen molar-refractivity contribution < 1.29 is 4.74 Å². The topological polar surface area (TPSA) is 59.1 Å². The molecule has 1 atom stereocenters. The molecule has 5 heteroatoms. The lowest BCUT2D eigenvalue weighted by atomic mass is 10.1. The fourth-order valence-corrected chi connectivity index (χ4v) is 2.53. The minimum absolute atomic E-state index is 0.649. The van der Waals surface area contributed by atoms with E-state index in [4.69, 9.17) is 4.74 Å². The predicted octanol–water partition coefficient (Wildman–Crippen LogP) is 2.51. The number of para-hydroxylation sites is 1. The molecule has 0 spiro atoms. The van der Waals surface area contributed by atoms with Crippen molar-refractivity contribution >= 4 is 22.7 Å². The molecule has 0 radical (unpaired) electrons. The zero-order valence-corrected chi connectivity index (χ0v) is 11.7. The SMILES string of the molecule is CNc1nc(NCCC2CCOC2)c2ccccc2n1. The summed E-state index contributed by atoms with van der Waals surface area (Å²) in [6, 6.07) is 8.07. The maximum atomic E-state index is 5.40. The molecule has 1 aromatic carbocycles. The molecule has 3 rings (SSSR count). The van der Waals surface area contributed by atoms with Crippen LogP contribution in [0.15, 0.2) is 24.3 Å². The van der Waals surface area contributed by atoms with Gasteiger partial charge in [0, 0.05) is 32.2 Å². The Kier molecular flexibility index (Phi) is 3.97. The fourth-order valence-electron chi connectivity index (χ4n) is 2.53. The van der Waals surface area contributed by atoms with Crippen LogP contribution in [0.3, 0.4) is 0 Å². The third kappa shape index (κ3) is 2.82. The number of rotatable bonds is 5. The molecule has 20 heavy (non-hydrogen) atoms. The first-order chi connectivity index (χ1) is 9.86. The van der Waals surface area contributed by atoms with Gasteiger partial charge in [-0.25, -0.2) is 4.98 Å². The molecule has 2 heterocycles. The van der Waals surface area contributed by atoms with Crippen LogP contribution in [0, 0.1) is 5.92 Å². The molecule has 1 aromatic heterocycles. The van der Waals surface area contributed by atoms with Gasteiger partial charge >= 0.3 is 0 Å². The van der Waals surface area contributed by atoms with Gasteiger partial charge in [-0.15, -0.1) is 0 Å². The number of aromatic nitrogens is 2. The molecule has 1 saturated heterocycles. The van der Waals surface area contributed by atoms with Crippen LogP contribution in [0.25, 0.3) is 10.9 Å². The van der Waals surface area contributed by atoms with Gasteiger partial charge in [-0.3, -0.25) is 0 Å². The van der Waals surface area contributed by atoms with Crippen molar-refractivity contribution in [3.8, 4) is 0 Å². The van der Waals surface area contributed by atoms with Crippen molar-refractivity contribution in [3.63, 3.8) is 0 Å². The second-order valence-corrected chi connectivity index (χ2v) is 5.11. The Morgan fingerprint density at radius 1 is 1.30 bits per heavy atom. The van der Waals surface area contributed by atoms with E-state index in [-0.39, 0.29) is 0 Å². The standard InChI is InChI=1S/C15H20N4O/c1-16-15-18-13-5-3-2-4-12(13)14(19-15)17-8-6-11-7-9-20-10-11/h2-5,11H,6-10H2,1H3,(H2,16,17,18,19). The number of nitrogens with zero attached hydrogens (tertiary/aromatic N) is 2. The van der Waals surface area contributed by atoms with Gasteiger partial charge in [0.2, 0.25) is 5.95 Å². The number of benzene rings is 1. The third-order valence-corrected chi connectivity index (χ3v) is 3.70. The highest BCUT2D eigenvalue weighted by Crippen LogP contribution is 2.22. The highest BCUT2D eigenvalue weighted by atomic mass is 16.5. The molecule has 1 fully saturated rings. The molecule has 1 aliphatic rings. The van der Waals surface area contributed by atoms with Crippen molar-refractivity contribution in [1.82, 2.24) is 9.97 Å². The van der Waals surface area contributed by atoms with Crippen molar-refractivity contribution in [2.45, 2.75) is 12.8 Å². The maximum absolute atomic E-state index is 5.40. The van der Waals surface area contributed by atoms with Crippen LogP contribution in [-0.2, 0) is 4.74 Å². The van der Waals surface area contributed by atoms with E-state index < -0.39 is 0 Å². The van der Waals surface area contributed by atoms with Crippen molar-refractivity contribution in [1.29, 1.82) is 0 Å². The number of fused-ring (bicyclic) bond motifs is 1. The Morgan fingerprint density at radius 2 is 2.20 bits per heavy atom. The van der Waals surface area contributed by atoms with Crippen molar-refractivity contribution in [2.75, 3.05) is 37.4 Å². The normalized spacial score (nSPS) is 18.4. The van der Waals surface area contributed by atoms with E-state index in [1.165, 1.54) is 6.42 Å². The second kappa shape index (κ2) is 6.05. The molecule has 1 aliphatic heterocycles. The summed E-state index contributed by atoms with van der Waals surface area (Å²) in [5, 5.41) is 7.52. The van der Waals surface area contributed by atoms with Gasteiger partial charge in [-0.1, -0.05) is 12.1 Å². The van der Waals surface area contributed by atoms with Crippen LogP contribution in [0.2, 0.25) is 0 Å². The quantitative estimate of drug-likeness (QED) is 0.876. The Morgan fingerprint density at radius 3 is 3.00 bits per heavy atom. The van der Waals surface area contributed by atoms with E-state index in [2.05, 4.69) is 26.7 Å². The lowest BCUT2D eigenvalue weighted by molar-refractivity contribution is 0.185. The summed E-state index contributed by atoms with van der Waals surface area (Å²) >= 11 is 0. The average molecular weight is 272 g/mol. The number of hydrogen-bond donors (Lipinski definition) is 2. The first-order valence-electron chi connectivity index (χ1n) is 7.13. The molecule has 0 amide bonds. The lowest BCUT2D eigenvalue weighted by Gasteiger charge is -2.12. The van der Waals surface area contributed by atoms with Gasteiger partial charge in [-0.2, -0.15) is 4.98 Å². The largest absolute Gasteiger partial charge is 0.381 e. The summed E-state index contributed by atoms with van der Waals surface area (Å²) in [4.78, 5) is 8.98. The van der Waals surface area contributed by atoms with Crippen LogP contribution in [0.1, 0.15) is 12.8 Å². The Bertz CT molecular complexity index is 581. The summed E-state index contributed by atoms with van der Waals surface area (Å²) in [5.74, 6) is 2.23. The lowest BCUT2D eigenvalue weighted by Crippen LogP contribution is -2.11. The summed E-state index contributed by atoms with van der Waals surface area (Å²) < 4.78 is 5.40. The average Bonchev–Trinajstić information content (AvgIpc) is 3.00. The Balaban J connectivity index is 1.75. The number of anilines is 2. The monoisotopic (exact) mass is 272 g/mol. The van der Waals surface area contributed by atoms with Gasteiger partial charge in [0.1, 0.15) is 5.82 Å². The molecule has 1 unspecified atom stereocenters. The molecular weight excluding hydrogens is 252 g/mol. The zero-order valence-electron chi connectivity index (χ0n) is 11.7. The fraction of sp³-hybridized carbons (Fsp3) is 0.467. The number of ether oxygens (including phenoxy) is 1. The molecule has 2 aromatic rings. The molecule has 0 bridgehead atoms. The van der Waals surface area contributed by atoms with Crippen molar-refractivity contribution in [2.24, 2.45) is 5.92 Å². The summed E-state index contributed by atoms with van der Waals surface area (Å²) in [6.45, 7) is 2.72. The van der Waals surface area contributed by atoms with E-state index in [1.807, 2.05) is 25.2 Å². The molecule has 5 nitrogen and oxygen atoms in total. The van der Waals surface area contributed by atoms with Gasteiger partial charge in [-0.05, 0) is 30.9 Å². The molecule has 0 saturated carbocycles.